The molecule has 2 N–H and O–H groups in total. The first-order valence-electron chi connectivity index (χ1n) is 8.39. The number of guanidine groups is 1. The molecular weight excluding hydrogens is 335 g/mol. The molecule has 0 aliphatic carbocycles. The second kappa shape index (κ2) is 7.95. The van der Waals surface area contributed by atoms with Crippen LogP contribution in [0, 0.1) is 12.7 Å². The Bertz CT molecular complexity index is 746. The highest BCUT2D eigenvalue weighted by atomic mass is 32.1. The second-order valence-electron chi connectivity index (χ2n) is 7.19. The number of halogens is 1. The van der Waals surface area contributed by atoms with Gasteiger partial charge in [0.15, 0.2) is 5.96 Å². The Kier molecular flexibility index (Phi) is 6.16. The zero-order chi connectivity index (χ0) is 18.6. The van der Waals surface area contributed by atoms with Crippen molar-refractivity contribution in [1.82, 2.24) is 15.6 Å². The molecule has 2 aromatic rings. The van der Waals surface area contributed by atoms with Crippen LogP contribution in [0.1, 0.15) is 55.6 Å². The van der Waals surface area contributed by atoms with Crippen molar-refractivity contribution in [2.24, 2.45) is 4.99 Å². The van der Waals surface area contributed by atoms with Crippen LogP contribution in [0.5, 0.6) is 0 Å². The van der Waals surface area contributed by atoms with Crippen LogP contribution in [0.2, 0.25) is 0 Å². The van der Waals surface area contributed by atoms with Crippen LogP contribution in [-0.2, 0) is 12.0 Å². The monoisotopic (exact) mass is 362 g/mol. The standard InChI is InChI=1S/C19H27FN4S/c1-12-7-8-14(9-16(12)20)13(2)23-18(21-6)22-10-15-11-25-17(24-15)19(3,4)5/h7-9,11,13H,10H2,1-6H3,(H2,21,22,23). The van der Waals surface area contributed by atoms with E-state index >= 15 is 0 Å². The maximum Gasteiger partial charge on any atom is 0.191 e. The number of benzene rings is 1. The molecule has 0 aliphatic heterocycles. The van der Waals surface area contributed by atoms with E-state index in [0.29, 0.717) is 18.1 Å². The van der Waals surface area contributed by atoms with Gasteiger partial charge in [0.05, 0.1) is 23.3 Å². The minimum absolute atomic E-state index is 0.0538. The zero-order valence-electron chi connectivity index (χ0n) is 15.8. The van der Waals surface area contributed by atoms with E-state index in [0.717, 1.165) is 16.3 Å². The lowest BCUT2D eigenvalue weighted by atomic mass is 9.98. The van der Waals surface area contributed by atoms with E-state index in [9.17, 15) is 4.39 Å². The van der Waals surface area contributed by atoms with Crippen molar-refractivity contribution in [2.75, 3.05) is 7.05 Å². The van der Waals surface area contributed by atoms with E-state index in [2.05, 4.69) is 46.8 Å². The van der Waals surface area contributed by atoms with Gasteiger partial charge in [0, 0.05) is 17.8 Å². The molecule has 1 unspecified atom stereocenters. The van der Waals surface area contributed by atoms with Crippen LogP contribution in [0.15, 0.2) is 28.6 Å². The molecule has 0 aliphatic rings. The minimum Gasteiger partial charge on any atom is -0.351 e. The summed E-state index contributed by atoms with van der Waals surface area (Å²) in [5.74, 6) is 0.477. The van der Waals surface area contributed by atoms with Crippen LogP contribution < -0.4 is 10.6 Å². The molecule has 0 amide bonds. The maximum atomic E-state index is 13.7. The van der Waals surface area contributed by atoms with E-state index in [-0.39, 0.29) is 17.3 Å². The van der Waals surface area contributed by atoms with Crippen LogP contribution >= 0.6 is 11.3 Å². The fourth-order valence-corrected chi connectivity index (χ4v) is 3.18. The van der Waals surface area contributed by atoms with Crippen LogP contribution in [-0.4, -0.2) is 18.0 Å². The summed E-state index contributed by atoms with van der Waals surface area (Å²) in [7, 11) is 1.72. The highest BCUT2D eigenvalue weighted by Gasteiger charge is 2.18. The topological polar surface area (TPSA) is 49.3 Å². The van der Waals surface area contributed by atoms with Crippen molar-refractivity contribution in [3.63, 3.8) is 0 Å². The number of nitrogens with zero attached hydrogens (tertiary/aromatic N) is 2. The summed E-state index contributed by atoms with van der Waals surface area (Å²) in [6.45, 7) is 10.8. The molecule has 0 bridgehead atoms. The Morgan fingerprint density at radius 3 is 2.64 bits per heavy atom. The van der Waals surface area contributed by atoms with E-state index in [1.165, 1.54) is 0 Å². The molecule has 0 radical (unpaired) electrons. The molecule has 6 heteroatoms. The van der Waals surface area contributed by atoms with Crippen LogP contribution in [0.3, 0.4) is 0 Å². The largest absolute Gasteiger partial charge is 0.351 e. The molecule has 0 spiro atoms. The smallest absolute Gasteiger partial charge is 0.191 e. The third-order valence-corrected chi connectivity index (χ3v) is 5.22. The van der Waals surface area contributed by atoms with Crippen molar-refractivity contribution in [3.8, 4) is 0 Å². The Morgan fingerprint density at radius 2 is 2.08 bits per heavy atom. The summed E-state index contributed by atoms with van der Waals surface area (Å²) in [6.07, 6.45) is 0. The normalized spacial score (nSPS) is 13.6. The molecule has 1 aromatic carbocycles. The summed E-state index contributed by atoms with van der Waals surface area (Å²) >= 11 is 1.68. The highest BCUT2D eigenvalue weighted by molar-refractivity contribution is 7.09. The number of aryl methyl sites for hydroxylation is 1. The molecule has 1 aromatic heterocycles. The Hall–Kier alpha value is -1.95. The number of aromatic nitrogens is 1. The fourth-order valence-electron chi connectivity index (χ4n) is 2.27. The minimum atomic E-state index is -0.189. The predicted octanol–water partition coefficient (Wildman–Crippen LogP) is 4.31. The summed E-state index contributed by atoms with van der Waals surface area (Å²) in [6, 6.07) is 5.24. The van der Waals surface area contributed by atoms with Crippen molar-refractivity contribution in [3.05, 3.63) is 51.2 Å². The number of aliphatic imine (C=N–C) groups is 1. The highest BCUT2D eigenvalue weighted by Crippen LogP contribution is 2.25. The van der Waals surface area contributed by atoms with Gasteiger partial charge < -0.3 is 10.6 Å². The first kappa shape index (κ1) is 19.4. The van der Waals surface area contributed by atoms with E-state index in [1.807, 2.05) is 13.0 Å². The lowest BCUT2D eigenvalue weighted by molar-refractivity contribution is 0.582. The van der Waals surface area contributed by atoms with Crippen LogP contribution in [0.4, 0.5) is 4.39 Å². The van der Waals surface area contributed by atoms with Gasteiger partial charge in [-0.2, -0.15) is 0 Å². The summed E-state index contributed by atoms with van der Waals surface area (Å²) in [5, 5.41) is 9.74. The summed E-state index contributed by atoms with van der Waals surface area (Å²) in [5.41, 5.74) is 2.59. The quantitative estimate of drug-likeness (QED) is 0.629. The van der Waals surface area contributed by atoms with Gasteiger partial charge in [-0.15, -0.1) is 11.3 Å². The summed E-state index contributed by atoms with van der Waals surface area (Å²) in [4.78, 5) is 8.91. The maximum absolute atomic E-state index is 13.7. The van der Waals surface area contributed by atoms with E-state index in [4.69, 9.17) is 0 Å². The lowest BCUT2D eigenvalue weighted by Crippen LogP contribution is -2.38. The molecule has 136 valence electrons. The molecule has 0 saturated heterocycles. The Morgan fingerprint density at radius 1 is 1.36 bits per heavy atom. The molecule has 2 rings (SSSR count). The lowest BCUT2D eigenvalue weighted by Gasteiger charge is -2.18. The predicted molar refractivity (Wildman–Crippen MR) is 104 cm³/mol. The number of thiazole rings is 1. The summed E-state index contributed by atoms with van der Waals surface area (Å²) < 4.78 is 13.7. The van der Waals surface area contributed by atoms with Crippen molar-refractivity contribution in [2.45, 2.75) is 52.6 Å². The Balaban J connectivity index is 1.96. The molecule has 25 heavy (non-hydrogen) atoms. The van der Waals surface area contributed by atoms with Gasteiger partial charge >= 0.3 is 0 Å². The zero-order valence-corrected chi connectivity index (χ0v) is 16.6. The second-order valence-corrected chi connectivity index (χ2v) is 8.05. The van der Waals surface area contributed by atoms with E-state index < -0.39 is 0 Å². The van der Waals surface area contributed by atoms with Crippen molar-refractivity contribution >= 4 is 17.3 Å². The van der Waals surface area contributed by atoms with Gasteiger partial charge in [0.25, 0.3) is 0 Å². The molecule has 4 nitrogen and oxygen atoms in total. The number of rotatable bonds is 4. The first-order chi connectivity index (χ1) is 11.7. The van der Waals surface area contributed by atoms with Crippen molar-refractivity contribution < 1.29 is 4.39 Å². The van der Waals surface area contributed by atoms with E-state index in [1.54, 1.807) is 37.4 Å². The average molecular weight is 363 g/mol. The molecule has 1 atom stereocenters. The third-order valence-electron chi connectivity index (χ3n) is 3.90. The van der Waals surface area contributed by atoms with Gasteiger partial charge in [0.1, 0.15) is 5.82 Å². The van der Waals surface area contributed by atoms with Crippen LogP contribution in [0.25, 0.3) is 0 Å². The Labute approximate surface area is 153 Å². The first-order valence-corrected chi connectivity index (χ1v) is 9.27. The van der Waals surface area contributed by atoms with Gasteiger partial charge in [-0.05, 0) is 31.0 Å². The number of hydrogen-bond acceptors (Lipinski definition) is 3. The third kappa shape index (κ3) is 5.26. The number of nitrogens with one attached hydrogen (secondary N) is 2. The molecule has 1 heterocycles. The SMILES string of the molecule is CN=C(NCc1csc(C(C)(C)C)n1)NC(C)c1ccc(C)c(F)c1. The molecular formula is C19H27FN4S. The van der Waals surface area contributed by atoms with Gasteiger partial charge in [-0.3, -0.25) is 4.99 Å². The fraction of sp³-hybridized carbons (Fsp3) is 0.474. The van der Waals surface area contributed by atoms with Crippen molar-refractivity contribution in [1.29, 1.82) is 0 Å². The van der Waals surface area contributed by atoms with Gasteiger partial charge in [-0.1, -0.05) is 32.9 Å². The molecule has 0 fully saturated rings. The van der Waals surface area contributed by atoms with Gasteiger partial charge in [-0.25, -0.2) is 9.37 Å². The van der Waals surface area contributed by atoms with Gasteiger partial charge in [0.2, 0.25) is 0 Å². The average Bonchev–Trinajstić information content (AvgIpc) is 3.03. The number of hydrogen-bond donors (Lipinski definition) is 2. The molecule has 0 saturated carbocycles.